The van der Waals surface area contributed by atoms with Crippen LogP contribution in [0.5, 0.6) is 11.5 Å². The van der Waals surface area contributed by atoms with Gasteiger partial charge in [-0.1, -0.05) is 0 Å². The van der Waals surface area contributed by atoms with Crippen molar-refractivity contribution in [3.63, 3.8) is 0 Å². The highest BCUT2D eigenvalue weighted by molar-refractivity contribution is 6.01. The second-order valence-corrected chi connectivity index (χ2v) is 3.02. The molecule has 17 heavy (non-hydrogen) atoms. The van der Waals surface area contributed by atoms with Crippen LogP contribution in [0, 0.1) is 0 Å². The summed E-state index contributed by atoms with van der Waals surface area (Å²) in [6, 6.07) is 2.76. The molecule has 92 valence electrons. The molecule has 0 unspecified atom stereocenters. The van der Waals surface area contributed by atoms with Crippen molar-refractivity contribution >= 4 is 11.9 Å². The smallest absolute Gasteiger partial charge is 0.343 e. The van der Waals surface area contributed by atoms with Crippen LogP contribution in [0.3, 0.4) is 0 Å². The molecular weight excluding hydrogens is 228 g/mol. The highest BCUT2D eigenvalue weighted by atomic mass is 16.5. The maximum Gasteiger partial charge on any atom is 0.343 e. The lowest BCUT2D eigenvalue weighted by Gasteiger charge is -2.12. The lowest BCUT2D eigenvalue weighted by Crippen LogP contribution is -2.10. The molecule has 6 nitrogen and oxygen atoms in total. The third-order valence-corrected chi connectivity index (χ3v) is 2.16. The summed E-state index contributed by atoms with van der Waals surface area (Å²) in [7, 11) is 3.80. The number of methoxy groups -OCH3 is 3. The molecule has 0 spiro atoms. The zero-order valence-electron chi connectivity index (χ0n) is 9.64. The van der Waals surface area contributed by atoms with Crippen molar-refractivity contribution in [1.29, 1.82) is 0 Å². The van der Waals surface area contributed by atoms with Crippen molar-refractivity contribution < 1.29 is 28.9 Å². The second kappa shape index (κ2) is 5.20. The number of carboxylic acid groups (broad SMARTS) is 1. The molecule has 0 fully saturated rings. The third-order valence-electron chi connectivity index (χ3n) is 2.16. The quantitative estimate of drug-likeness (QED) is 0.796. The monoisotopic (exact) mass is 240 g/mol. The largest absolute Gasteiger partial charge is 0.496 e. The predicted molar refractivity (Wildman–Crippen MR) is 57.8 cm³/mol. The van der Waals surface area contributed by atoms with E-state index in [1.807, 2.05) is 0 Å². The fraction of sp³-hybridized carbons (Fsp3) is 0.273. The Kier molecular flexibility index (Phi) is 3.92. The van der Waals surface area contributed by atoms with E-state index in [9.17, 15) is 9.59 Å². The van der Waals surface area contributed by atoms with Gasteiger partial charge < -0.3 is 19.3 Å². The van der Waals surface area contributed by atoms with Crippen molar-refractivity contribution in [3.05, 3.63) is 23.3 Å². The summed E-state index contributed by atoms with van der Waals surface area (Å²) >= 11 is 0. The molecule has 0 aliphatic carbocycles. The number of aromatic carboxylic acids is 1. The first-order valence-electron chi connectivity index (χ1n) is 4.63. The fourth-order valence-corrected chi connectivity index (χ4v) is 1.42. The number of carbonyl (C=O) groups excluding carboxylic acids is 1. The standard InChI is InChI=1S/C11H12O6/c1-15-7-5-4-6(11(14)17-3)9(16-2)8(7)10(12)13/h4-5H,1-3H3,(H,12,13). The molecule has 0 amide bonds. The van der Waals surface area contributed by atoms with Crippen molar-refractivity contribution in [2.24, 2.45) is 0 Å². The zero-order valence-corrected chi connectivity index (χ0v) is 9.64. The summed E-state index contributed by atoms with van der Waals surface area (Å²) in [5.41, 5.74) is -0.175. The Morgan fingerprint density at radius 2 is 1.76 bits per heavy atom. The van der Waals surface area contributed by atoms with Gasteiger partial charge in [-0.15, -0.1) is 0 Å². The first-order chi connectivity index (χ1) is 8.06. The van der Waals surface area contributed by atoms with Crippen molar-refractivity contribution in [2.45, 2.75) is 0 Å². The van der Waals surface area contributed by atoms with E-state index in [4.69, 9.17) is 14.6 Å². The van der Waals surface area contributed by atoms with Crippen LogP contribution in [0.4, 0.5) is 0 Å². The molecule has 1 aromatic rings. The highest BCUT2D eigenvalue weighted by Crippen LogP contribution is 2.32. The van der Waals surface area contributed by atoms with Crippen LogP contribution in [0.2, 0.25) is 0 Å². The van der Waals surface area contributed by atoms with Gasteiger partial charge in [0.2, 0.25) is 0 Å². The predicted octanol–water partition coefficient (Wildman–Crippen LogP) is 1.19. The molecule has 0 saturated carbocycles. The maximum absolute atomic E-state index is 11.4. The minimum absolute atomic E-state index is 0.0354. The van der Waals surface area contributed by atoms with E-state index in [1.165, 1.54) is 33.5 Å². The average molecular weight is 240 g/mol. The van der Waals surface area contributed by atoms with E-state index in [2.05, 4.69) is 4.74 Å². The van der Waals surface area contributed by atoms with Crippen molar-refractivity contribution in [1.82, 2.24) is 0 Å². The minimum Gasteiger partial charge on any atom is -0.496 e. The van der Waals surface area contributed by atoms with Gasteiger partial charge in [-0.3, -0.25) is 0 Å². The minimum atomic E-state index is -1.25. The molecule has 0 aromatic heterocycles. The van der Waals surface area contributed by atoms with Gasteiger partial charge in [-0.25, -0.2) is 9.59 Å². The highest BCUT2D eigenvalue weighted by Gasteiger charge is 2.24. The number of benzene rings is 1. The molecule has 0 bridgehead atoms. The van der Waals surface area contributed by atoms with Crippen LogP contribution in [0.15, 0.2) is 12.1 Å². The van der Waals surface area contributed by atoms with E-state index in [-0.39, 0.29) is 22.6 Å². The number of rotatable bonds is 4. The van der Waals surface area contributed by atoms with Gasteiger partial charge in [0.15, 0.2) is 5.75 Å². The van der Waals surface area contributed by atoms with Crippen molar-refractivity contribution in [2.75, 3.05) is 21.3 Å². The molecule has 1 aromatic carbocycles. The summed E-state index contributed by atoms with van der Waals surface area (Å²) in [6.07, 6.45) is 0. The van der Waals surface area contributed by atoms with E-state index >= 15 is 0 Å². The Hall–Kier alpha value is -2.24. The first kappa shape index (κ1) is 12.8. The molecule has 6 heteroatoms. The van der Waals surface area contributed by atoms with Crippen LogP contribution in [-0.2, 0) is 4.74 Å². The molecule has 0 radical (unpaired) electrons. The number of ether oxygens (including phenoxy) is 3. The van der Waals surface area contributed by atoms with Gasteiger partial charge in [0.1, 0.15) is 16.9 Å². The Balaban J connectivity index is 3.51. The normalized spacial score (nSPS) is 9.59. The zero-order chi connectivity index (χ0) is 13.0. The van der Waals surface area contributed by atoms with Crippen LogP contribution >= 0.6 is 0 Å². The van der Waals surface area contributed by atoms with Gasteiger partial charge in [0.05, 0.1) is 21.3 Å². The van der Waals surface area contributed by atoms with Crippen LogP contribution in [0.25, 0.3) is 0 Å². The third kappa shape index (κ3) is 2.30. The number of hydrogen-bond donors (Lipinski definition) is 1. The molecule has 0 saturated heterocycles. The van der Waals surface area contributed by atoms with Gasteiger partial charge >= 0.3 is 11.9 Å². The SMILES string of the molecule is COC(=O)c1ccc(OC)c(C(=O)O)c1OC. The lowest BCUT2D eigenvalue weighted by atomic mass is 10.1. The Labute approximate surface area is 97.7 Å². The molecule has 0 aliphatic rings. The molecule has 0 atom stereocenters. The van der Waals surface area contributed by atoms with Crippen LogP contribution in [0.1, 0.15) is 20.7 Å². The average Bonchev–Trinajstić information content (AvgIpc) is 2.35. The summed E-state index contributed by atoms with van der Waals surface area (Å²) in [5.74, 6) is -1.89. The molecule has 1 rings (SSSR count). The summed E-state index contributed by atoms with van der Waals surface area (Å²) < 4.78 is 14.4. The van der Waals surface area contributed by atoms with E-state index < -0.39 is 11.9 Å². The number of esters is 1. The first-order valence-corrected chi connectivity index (χ1v) is 4.63. The van der Waals surface area contributed by atoms with Gasteiger partial charge in [0, 0.05) is 0 Å². The fourth-order valence-electron chi connectivity index (χ4n) is 1.42. The van der Waals surface area contributed by atoms with Gasteiger partial charge in [-0.05, 0) is 12.1 Å². The lowest BCUT2D eigenvalue weighted by molar-refractivity contribution is 0.0597. The second-order valence-electron chi connectivity index (χ2n) is 3.02. The number of hydrogen-bond acceptors (Lipinski definition) is 5. The summed E-state index contributed by atoms with van der Waals surface area (Å²) in [4.78, 5) is 22.5. The van der Waals surface area contributed by atoms with Gasteiger partial charge in [-0.2, -0.15) is 0 Å². The van der Waals surface area contributed by atoms with Crippen LogP contribution in [-0.4, -0.2) is 38.4 Å². The molecule has 0 aliphatic heterocycles. The molecule has 1 N–H and O–H groups in total. The Morgan fingerprint density at radius 3 is 2.18 bits per heavy atom. The maximum atomic E-state index is 11.4. The number of carboxylic acids is 1. The molecule has 0 heterocycles. The van der Waals surface area contributed by atoms with E-state index in [0.29, 0.717) is 0 Å². The van der Waals surface area contributed by atoms with E-state index in [0.717, 1.165) is 0 Å². The summed E-state index contributed by atoms with van der Waals surface area (Å²) in [6.45, 7) is 0. The topological polar surface area (TPSA) is 82.1 Å². The van der Waals surface area contributed by atoms with Crippen LogP contribution < -0.4 is 9.47 Å². The van der Waals surface area contributed by atoms with Gasteiger partial charge in [0.25, 0.3) is 0 Å². The van der Waals surface area contributed by atoms with Crippen molar-refractivity contribution in [3.8, 4) is 11.5 Å². The number of carbonyl (C=O) groups is 2. The Bertz CT molecular complexity index is 452. The Morgan fingerprint density at radius 1 is 1.12 bits per heavy atom. The summed E-state index contributed by atoms with van der Waals surface area (Å²) in [5, 5.41) is 9.08. The molecular formula is C11H12O6. The van der Waals surface area contributed by atoms with E-state index in [1.54, 1.807) is 0 Å².